The third-order valence-corrected chi connectivity index (χ3v) is 4.00. The molecule has 2 aromatic carbocycles. The maximum atomic E-state index is 12.3. The third-order valence-electron chi connectivity index (χ3n) is 2.95. The topological polar surface area (TPSA) is 55.1 Å². The molecule has 0 heterocycles. The van der Waals surface area contributed by atoms with E-state index in [0.29, 0.717) is 11.3 Å². The zero-order valence-electron chi connectivity index (χ0n) is 10.8. The molecule has 0 bridgehead atoms. The summed E-state index contributed by atoms with van der Waals surface area (Å²) < 4.78 is 0.814. The number of benzene rings is 2. The van der Waals surface area contributed by atoms with E-state index < -0.39 is 0 Å². The van der Waals surface area contributed by atoms with Crippen molar-refractivity contribution in [1.29, 1.82) is 0 Å². The minimum absolute atomic E-state index is 0.149. The first-order valence-corrected chi connectivity index (χ1v) is 6.71. The Morgan fingerprint density at radius 1 is 1.16 bits per heavy atom. The van der Waals surface area contributed by atoms with E-state index in [4.69, 9.17) is 5.73 Å². The Morgan fingerprint density at radius 2 is 1.89 bits per heavy atom. The quantitative estimate of drug-likeness (QED) is 0.825. The highest BCUT2D eigenvalue weighted by Gasteiger charge is 2.12. The lowest BCUT2D eigenvalue weighted by molar-refractivity contribution is 0.102. The highest BCUT2D eigenvalue weighted by molar-refractivity contribution is 9.10. The van der Waals surface area contributed by atoms with Gasteiger partial charge in [-0.25, -0.2) is 0 Å². The van der Waals surface area contributed by atoms with Crippen molar-refractivity contribution >= 4 is 33.2 Å². The highest BCUT2D eigenvalue weighted by atomic mass is 79.9. The van der Waals surface area contributed by atoms with Gasteiger partial charge in [-0.05, 0) is 59.1 Å². The molecule has 98 valence electrons. The monoisotopic (exact) mass is 318 g/mol. The Morgan fingerprint density at radius 3 is 2.63 bits per heavy atom. The summed E-state index contributed by atoms with van der Waals surface area (Å²) in [6.45, 7) is 3.88. The summed E-state index contributed by atoms with van der Waals surface area (Å²) in [5, 5.41) is 2.89. The van der Waals surface area contributed by atoms with Gasteiger partial charge < -0.3 is 11.1 Å². The Kier molecular flexibility index (Phi) is 3.90. The number of carbonyl (C=O) groups is 1. The summed E-state index contributed by atoms with van der Waals surface area (Å²) in [5.74, 6) is -0.149. The number of halogens is 1. The standard InChI is InChI=1S/C15H15BrN2O/c1-9-6-7-11(17)8-13(9)18-15(19)12-5-3-4-10(2)14(12)16/h3-8H,17H2,1-2H3,(H,18,19). The molecule has 0 saturated carbocycles. The number of amides is 1. The fourth-order valence-corrected chi connectivity index (χ4v) is 2.23. The maximum Gasteiger partial charge on any atom is 0.256 e. The van der Waals surface area contributed by atoms with Crippen LogP contribution in [0.4, 0.5) is 11.4 Å². The molecule has 0 unspecified atom stereocenters. The number of anilines is 2. The summed E-state index contributed by atoms with van der Waals surface area (Å²) in [6.07, 6.45) is 0. The van der Waals surface area contributed by atoms with Crippen LogP contribution in [0.2, 0.25) is 0 Å². The van der Waals surface area contributed by atoms with Gasteiger partial charge >= 0.3 is 0 Å². The van der Waals surface area contributed by atoms with Crippen LogP contribution in [0.5, 0.6) is 0 Å². The summed E-state index contributed by atoms with van der Waals surface area (Å²) in [4.78, 5) is 12.3. The van der Waals surface area contributed by atoms with Gasteiger partial charge in [-0.15, -0.1) is 0 Å². The largest absolute Gasteiger partial charge is 0.399 e. The molecule has 0 aliphatic rings. The summed E-state index contributed by atoms with van der Waals surface area (Å²) >= 11 is 3.44. The SMILES string of the molecule is Cc1ccc(N)cc1NC(=O)c1cccc(C)c1Br. The lowest BCUT2D eigenvalue weighted by atomic mass is 10.1. The average molecular weight is 319 g/mol. The normalized spacial score (nSPS) is 10.3. The molecule has 4 heteroatoms. The van der Waals surface area contributed by atoms with Crippen molar-refractivity contribution < 1.29 is 4.79 Å². The Balaban J connectivity index is 2.31. The van der Waals surface area contributed by atoms with Crippen molar-refractivity contribution in [3.05, 3.63) is 57.6 Å². The van der Waals surface area contributed by atoms with Crippen LogP contribution in [0, 0.1) is 13.8 Å². The molecular weight excluding hydrogens is 304 g/mol. The van der Waals surface area contributed by atoms with Gasteiger partial charge in [-0.3, -0.25) is 4.79 Å². The Bertz CT molecular complexity index is 638. The van der Waals surface area contributed by atoms with Gasteiger partial charge in [-0.2, -0.15) is 0 Å². The van der Waals surface area contributed by atoms with E-state index in [0.717, 1.165) is 21.3 Å². The zero-order valence-corrected chi connectivity index (χ0v) is 12.4. The molecule has 0 spiro atoms. The molecule has 0 aromatic heterocycles. The van der Waals surface area contributed by atoms with E-state index in [1.807, 2.05) is 38.1 Å². The molecule has 19 heavy (non-hydrogen) atoms. The van der Waals surface area contributed by atoms with E-state index in [-0.39, 0.29) is 5.91 Å². The van der Waals surface area contributed by atoms with Crippen LogP contribution in [0.15, 0.2) is 40.9 Å². The zero-order chi connectivity index (χ0) is 14.0. The summed E-state index contributed by atoms with van der Waals surface area (Å²) in [6, 6.07) is 11.1. The predicted molar refractivity (Wildman–Crippen MR) is 82.4 cm³/mol. The first-order valence-electron chi connectivity index (χ1n) is 5.91. The third kappa shape index (κ3) is 2.96. The number of nitrogens with one attached hydrogen (secondary N) is 1. The van der Waals surface area contributed by atoms with Crippen molar-refractivity contribution in [2.45, 2.75) is 13.8 Å². The minimum Gasteiger partial charge on any atom is -0.399 e. The molecule has 0 atom stereocenters. The lowest BCUT2D eigenvalue weighted by Gasteiger charge is -2.11. The van der Waals surface area contributed by atoms with Crippen molar-refractivity contribution in [2.24, 2.45) is 0 Å². The molecule has 0 fully saturated rings. The van der Waals surface area contributed by atoms with Crippen molar-refractivity contribution in [3.8, 4) is 0 Å². The second-order valence-electron chi connectivity index (χ2n) is 4.46. The fraction of sp³-hybridized carbons (Fsp3) is 0.133. The summed E-state index contributed by atoms with van der Waals surface area (Å²) in [7, 11) is 0. The second-order valence-corrected chi connectivity index (χ2v) is 5.26. The maximum absolute atomic E-state index is 12.3. The van der Waals surface area contributed by atoms with E-state index >= 15 is 0 Å². The van der Waals surface area contributed by atoms with Crippen LogP contribution in [-0.2, 0) is 0 Å². The van der Waals surface area contributed by atoms with Gasteiger partial charge in [0.25, 0.3) is 5.91 Å². The number of nitrogen functional groups attached to an aromatic ring is 1. The van der Waals surface area contributed by atoms with Gasteiger partial charge in [0, 0.05) is 15.8 Å². The number of hydrogen-bond donors (Lipinski definition) is 2. The molecule has 0 saturated heterocycles. The van der Waals surface area contributed by atoms with E-state index in [1.54, 1.807) is 12.1 Å². The lowest BCUT2D eigenvalue weighted by Crippen LogP contribution is -2.14. The van der Waals surface area contributed by atoms with E-state index in [2.05, 4.69) is 21.2 Å². The highest BCUT2D eigenvalue weighted by Crippen LogP contribution is 2.24. The van der Waals surface area contributed by atoms with Crippen molar-refractivity contribution in [3.63, 3.8) is 0 Å². The van der Waals surface area contributed by atoms with E-state index in [1.165, 1.54) is 0 Å². The average Bonchev–Trinajstić information content (AvgIpc) is 2.37. The van der Waals surface area contributed by atoms with Crippen LogP contribution in [-0.4, -0.2) is 5.91 Å². The molecule has 2 aromatic rings. The number of carbonyl (C=O) groups excluding carboxylic acids is 1. The molecular formula is C15H15BrN2O. The molecule has 0 aliphatic carbocycles. The molecule has 3 N–H and O–H groups in total. The van der Waals surface area contributed by atoms with Crippen LogP contribution in [0.1, 0.15) is 21.5 Å². The van der Waals surface area contributed by atoms with Gasteiger partial charge in [0.2, 0.25) is 0 Å². The van der Waals surface area contributed by atoms with Gasteiger partial charge in [0.15, 0.2) is 0 Å². The summed E-state index contributed by atoms with van der Waals surface area (Å²) in [5.41, 5.74) is 9.71. The Labute approximate surface area is 121 Å². The van der Waals surface area contributed by atoms with Crippen molar-refractivity contribution in [1.82, 2.24) is 0 Å². The van der Waals surface area contributed by atoms with Gasteiger partial charge in [0.05, 0.1) is 5.56 Å². The van der Waals surface area contributed by atoms with Crippen molar-refractivity contribution in [2.75, 3.05) is 11.1 Å². The van der Waals surface area contributed by atoms with Gasteiger partial charge in [0.1, 0.15) is 0 Å². The smallest absolute Gasteiger partial charge is 0.256 e. The predicted octanol–water partition coefficient (Wildman–Crippen LogP) is 3.90. The van der Waals surface area contributed by atoms with E-state index in [9.17, 15) is 4.79 Å². The van der Waals surface area contributed by atoms with Crippen LogP contribution in [0.3, 0.4) is 0 Å². The number of hydrogen-bond acceptors (Lipinski definition) is 2. The molecule has 0 radical (unpaired) electrons. The van der Waals surface area contributed by atoms with Crippen LogP contribution >= 0.6 is 15.9 Å². The second kappa shape index (κ2) is 5.45. The molecule has 0 aliphatic heterocycles. The number of aryl methyl sites for hydroxylation is 2. The first-order chi connectivity index (χ1) is 8.99. The van der Waals surface area contributed by atoms with Crippen LogP contribution in [0.25, 0.3) is 0 Å². The fourth-order valence-electron chi connectivity index (χ4n) is 1.79. The first kappa shape index (κ1) is 13.6. The minimum atomic E-state index is -0.149. The Hall–Kier alpha value is -1.81. The molecule has 2 rings (SSSR count). The van der Waals surface area contributed by atoms with Gasteiger partial charge in [-0.1, -0.05) is 18.2 Å². The number of nitrogens with two attached hydrogens (primary N) is 1. The molecule has 3 nitrogen and oxygen atoms in total. The molecule has 1 amide bonds. The van der Waals surface area contributed by atoms with Crippen LogP contribution < -0.4 is 11.1 Å². The number of rotatable bonds is 2.